The number of benzene rings is 1. The summed E-state index contributed by atoms with van der Waals surface area (Å²) in [6, 6.07) is 3.76. The third kappa shape index (κ3) is 1.93. The van der Waals surface area contributed by atoms with Gasteiger partial charge in [-0.3, -0.25) is 0 Å². The molecule has 1 atom stereocenters. The predicted octanol–water partition coefficient (Wildman–Crippen LogP) is 2.89. The molecular weight excluding hydrogens is 240 g/mol. The Morgan fingerprint density at radius 3 is 2.35 bits per heavy atom. The van der Waals surface area contributed by atoms with Crippen LogP contribution in [-0.2, 0) is 7.05 Å². The highest BCUT2D eigenvalue weighted by molar-refractivity contribution is 6.20. The van der Waals surface area contributed by atoms with Crippen molar-refractivity contribution in [1.29, 1.82) is 0 Å². The van der Waals surface area contributed by atoms with Gasteiger partial charge in [0.05, 0.1) is 30.6 Å². The van der Waals surface area contributed by atoms with E-state index in [2.05, 4.69) is 4.98 Å². The van der Waals surface area contributed by atoms with E-state index in [1.54, 1.807) is 14.2 Å². The Labute approximate surface area is 105 Å². The molecule has 0 spiro atoms. The molecule has 17 heavy (non-hydrogen) atoms. The minimum Gasteiger partial charge on any atom is -0.493 e. The first-order valence-electron chi connectivity index (χ1n) is 5.31. The predicted molar refractivity (Wildman–Crippen MR) is 68.1 cm³/mol. The van der Waals surface area contributed by atoms with E-state index in [-0.39, 0.29) is 5.38 Å². The molecule has 2 rings (SSSR count). The molecule has 0 saturated carbocycles. The number of imidazole rings is 1. The summed E-state index contributed by atoms with van der Waals surface area (Å²) in [5.74, 6) is 2.20. The van der Waals surface area contributed by atoms with Crippen molar-refractivity contribution in [2.75, 3.05) is 14.2 Å². The number of rotatable bonds is 3. The fourth-order valence-corrected chi connectivity index (χ4v) is 2.09. The number of hydrogen-bond donors (Lipinski definition) is 0. The average Bonchev–Trinajstić information content (AvgIpc) is 2.64. The quantitative estimate of drug-likeness (QED) is 0.791. The van der Waals surface area contributed by atoms with Gasteiger partial charge in [-0.05, 0) is 6.92 Å². The molecular formula is C12H15ClN2O2. The number of hydrogen-bond acceptors (Lipinski definition) is 3. The Balaban J connectivity index is 2.70. The SMILES string of the molecule is COc1cc2nc(C(C)Cl)n(C)c2cc1OC. The second-order valence-corrected chi connectivity index (χ2v) is 4.50. The summed E-state index contributed by atoms with van der Waals surface area (Å²) in [5.41, 5.74) is 1.83. The van der Waals surface area contributed by atoms with Gasteiger partial charge in [-0.2, -0.15) is 0 Å². The molecule has 0 radical (unpaired) electrons. The van der Waals surface area contributed by atoms with Gasteiger partial charge in [0.15, 0.2) is 11.5 Å². The van der Waals surface area contributed by atoms with Gasteiger partial charge in [-0.15, -0.1) is 11.6 Å². The molecule has 1 aromatic heterocycles. The molecule has 5 heteroatoms. The first kappa shape index (κ1) is 12.0. The highest BCUT2D eigenvalue weighted by Crippen LogP contribution is 2.33. The van der Waals surface area contributed by atoms with Gasteiger partial charge in [0, 0.05) is 19.2 Å². The lowest BCUT2D eigenvalue weighted by molar-refractivity contribution is 0.355. The highest BCUT2D eigenvalue weighted by atomic mass is 35.5. The zero-order valence-electron chi connectivity index (χ0n) is 10.3. The number of halogens is 1. The van der Waals surface area contributed by atoms with E-state index in [4.69, 9.17) is 21.1 Å². The number of methoxy groups -OCH3 is 2. The molecule has 0 amide bonds. The lowest BCUT2D eigenvalue weighted by atomic mass is 10.2. The molecule has 0 saturated heterocycles. The average molecular weight is 255 g/mol. The zero-order chi connectivity index (χ0) is 12.6. The minimum absolute atomic E-state index is 0.135. The summed E-state index contributed by atoms with van der Waals surface area (Å²) in [7, 11) is 5.16. The van der Waals surface area contributed by atoms with Crippen molar-refractivity contribution < 1.29 is 9.47 Å². The lowest BCUT2D eigenvalue weighted by Gasteiger charge is -2.07. The van der Waals surface area contributed by atoms with Crippen LogP contribution in [0.2, 0.25) is 0 Å². The van der Waals surface area contributed by atoms with Crippen LogP contribution in [-0.4, -0.2) is 23.8 Å². The van der Waals surface area contributed by atoms with Gasteiger partial charge in [-0.1, -0.05) is 0 Å². The van der Waals surface area contributed by atoms with E-state index in [0.717, 1.165) is 16.9 Å². The van der Waals surface area contributed by atoms with Gasteiger partial charge in [-0.25, -0.2) is 4.98 Å². The van der Waals surface area contributed by atoms with Crippen LogP contribution in [0.1, 0.15) is 18.1 Å². The van der Waals surface area contributed by atoms with Gasteiger partial charge in [0.1, 0.15) is 5.82 Å². The Bertz CT molecular complexity index is 549. The van der Waals surface area contributed by atoms with E-state index in [1.807, 2.05) is 30.7 Å². The van der Waals surface area contributed by atoms with Crippen LogP contribution in [0.4, 0.5) is 0 Å². The van der Waals surface area contributed by atoms with Crippen molar-refractivity contribution in [3.05, 3.63) is 18.0 Å². The Kier molecular flexibility index (Phi) is 3.15. The monoisotopic (exact) mass is 254 g/mol. The molecule has 1 heterocycles. The van der Waals surface area contributed by atoms with Gasteiger partial charge < -0.3 is 14.0 Å². The molecule has 0 bridgehead atoms. The van der Waals surface area contributed by atoms with E-state index in [1.165, 1.54) is 0 Å². The molecule has 4 nitrogen and oxygen atoms in total. The first-order valence-corrected chi connectivity index (χ1v) is 5.74. The molecule has 0 fully saturated rings. The Morgan fingerprint density at radius 1 is 1.24 bits per heavy atom. The topological polar surface area (TPSA) is 36.3 Å². The van der Waals surface area contributed by atoms with Crippen LogP contribution in [0.5, 0.6) is 11.5 Å². The Morgan fingerprint density at radius 2 is 1.82 bits per heavy atom. The van der Waals surface area contributed by atoms with Crippen LogP contribution >= 0.6 is 11.6 Å². The third-order valence-corrected chi connectivity index (χ3v) is 2.97. The number of alkyl halides is 1. The number of ether oxygens (including phenoxy) is 2. The van der Waals surface area contributed by atoms with Crippen LogP contribution < -0.4 is 9.47 Å². The van der Waals surface area contributed by atoms with Crippen LogP contribution in [0.3, 0.4) is 0 Å². The maximum atomic E-state index is 6.08. The van der Waals surface area contributed by atoms with E-state index < -0.39 is 0 Å². The lowest BCUT2D eigenvalue weighted by Crippen LogP contribution is -1.98. The summed E-state index contributed by atoms with van der Waals surface area (Å²) in [6.07, 6.45) is 0. The van der Waals surface area contributed by atoms with Crippen molar-refractivity contribution in [2.24, 2.45) is 7.05 Å². The largest absolute Gasteiger partial charge is 0.493 e. The summed E-state index contributed by atoms with van der Waals surface area (Å²) < 4.78 is 12.5. The molecule has 0 N–H and O–H groups in total. The molecule has 1 unspecified atom stereocenters. The van der Waals surface area contributed by atoms with Crippen molar-refractivity contribution in [1.82, 2.24) is 9.55 Å². The smallest absolute Gasteiger partial charge is 0.163 e. The molecule has 0 aliphatic heterocycles. The standard InChI is InChI=1S/C12H15ClN2O2/c1-7(13)12-14-8-5-10(16-3)11(17-4)6-9(8)15(12)2/h5-7H,1-4H3. The normalized spacial score (nSPS) is 12.8. The number of aromatic nitrogens is 2. The van der Waals surface area contributed by atoms with Gasteiger partial charge >= 0.3 is 0 Å². The Hall–Kier alpha value is -1.42. The number of nitrogens with zero attached hydrogens (tertiary/aromatic N) is 2. The number of aryl methyl sites for hydroxylation is 1. The molecule has 92 valence electrons. The molecule has 2 aromatic rings. The summed E-state index contributed by atoms with van der Waals surface area (Å²) in [5, 5.41) is -0.135. The maximum absolute atomic E-state index is 6.08. The second-order valence-electron chi connectivity index (χ2n) is 3.84. The number of fused-ring (bicyclic) bond motifs is 1. The third-order valence-electron chi connectivity index (χ3n) is 2.78. The fourth-order valence-electron chi connectivity index (χ4n) is 1.89. The maximum Gasteiger partial charge on any atom is 0.163 e. The van der Waals surface area contributed by atoms with Crippen molar-refractivity contribution in [3.8, 4) is 11.5 Å². The highest BCUT2D eigenvalue weighted by Gasteiger charge is 2.15. The molecule has 0 aliphatic carbocycles. The van der Waals surface area contributed by atoms with Gasteiger partial charge in [0.25, 0.3) is 0 Å². The zero-order valence-corrected chi connectivity index (χ0v) is 11.1. The van der Waals surface area contributed by atoms with Crippen molar-refractivity contribution in [2.45, 2.75) is 12.3 Å². The fraction of sp³-hybridized carbons (Fsp3) is 0.417. The summed E-state index contributed by atoms with van der Waals surface area (Å²) in [6.45, 7) is 1.90. The van der Waals surface area contributed by atoms with Gasteiger partial charge in [0.2, 0.25) is 0 Å². The van der Waals surface area contributed by atoms with E-state index in [9.17, 15) is 0 Å². The summed E-state index contributed by atoms with van der Waals surface area (Å²) >= 11 is 6.08. The second kappa shape index (κ2) is 4.45. The van der Waals surface area contributed by atoms with Crippen LogP contribution in [0, 0.1) is 0 Å². The molecule has 0 aliphatic rings. The van der Waals surface area contributed by atoms with E-state index in [0.29, 0.717) is 11.5 Å². The van der Waals surface area contributed by atoms with Crippen molar-refractivity contribution in [3.63, 3.8) is 0 Å². The van der Waals surface area contributed by atoms with Crippen molar-refractivity contribution >= 4 is 22.6 Å². The first-order chi connectivity index (χ1) is 8.08. The minimum atomic E-state index is -0.135. The van der Waals surface area contributed by atoms with E-state index >= 15 is 0 Å². The molecule has 1 aromatic carbocycles. The summed E-state index contributed by atoms with van der Waals surface area (Å²) in [4.78, 5) is 4.49. The van der Waals surface area contributed by atoms with Crippen LogP contribution in [0.15, 0.2) is 12.1 Å². The van der Waals surface area contributed by atoms with Crippen LogP contribution in [0.25, 0.3) is 11.0 Å².